The first-order chi connectivity index (χ1) is 7.26. The minimum atomic E-state index is 0.277. The molecule has 1 aromatic carbocycles. The maximum absolute atomic E-state index is 6.25. The summed E-state index contributed by atoms with van der Waals surface area (Å²) in [6, 6.07) is 8.80. The summed E-state index contributed by atoms with van der Waals surface area (Å²) in [7, 11) is 1.72. The van der Waals surface area contributed by atoms with Gasteiger partial charge in [-0.3, -0.25) is 0 Å². The smallest absolute Gasteiger partial charge is 0.119 e. The Labute approximate surface area is 90.4 Å². The number of nitrogens with two attached hydrogens (primary N) is 1. The van der Waals surface area contributed by atoms with Crippen LogP contribution in [-0.4, -0.2) is 13.2 Å². The largest absolute Gasteiger partial charge is 0.497 e. The fraction of sp³-hybridized carbons (Fsp3) is 0.538. The first-order valence-electron chi connectivity index (χ1n) is 5.66. The maximum Gasteiger partial charge on any atom is 0.119 e. The first-order valence-corrected chi connectivity index (χ1v) is 5.66. The van der Waals surface area contributed by atoms with Crippen LogP contribution in [0.3, 0.4) is 0 Å². The predicted molar refractivity (Wildman–Crippen MR) is 60.0 cm³/mol. The topological polar surface area (TPSA) is 35.2 Å². The molecule has 0 saturated heterocycles. The van der Waals surface area contributed by atoms with Crippen LogP contribution in [0.2, 0.25) is 0 Å². The molecule has 3 aliphatic carbocycles. The Morgan fingerprint density at radius 2 is 2.33 bits per heavy atom. The Morgan fingerprint density at radius 1 is 1.47 bits per heavy atom. The number of benzene rings is 1. The van der Waals surface area contributed by atoms with Crippen LogP contribution >= 0.6 is 0 Å². The summed E-state index contributed by atoms with van der Waals surface area (Å²) in [6.07, 6.45) is 3.84. The molecule has 0 spiro atoms. The Hall–Kier alpha value is -1.02. The van der Waals surface area contributed by atoms with E-state index in [2.05, 4.69) is 18.2 Å². The molecule has 2 heteroatoms. The highest BCUT2D eigenvalue weighted by Gasteiger charge is 2.57. The van der Waals surface area contributed by atoms with Gasteiger partial charge in [0.2, 0.25) is 0 Å². The quantitative estimate of drug-likeness (QED) is 0.798. The third kappa shape index (κ3) is 1.08. The lowest BCUT2D eigenvalue weighted by Gasteiger charge is -2.46. The van der Waals surface area contributed by atoms with E-state index in [0.717, 1.165) is 11.7 Å². The van der Waals surface area contributed by atoms with Gasteiger partial charge in [0.15, 0.2) is 0 Å². The van der Waals surface area contributed by atoms with Crippen molar-refractivity contribution >= 4 is 0 Å². The van der Waals surface area contributed by atoms with Crippen molar-refractivity contribution in [2.45, 2.75) is 30.7 Å². The van der Waals surface area contributed by atoms with Crippen molar-refractivity contribution in [1.82, 2.24) is 0 Å². The van der Waals surface area contributed by atoms with Crippen LogP contribution in [0.5, 0.6) is 5.75 Å². The van der Waals surface area contributed by atoms with Gasteiger partial charge in [-0.2, -0.15) is 0 Å². The third-order valence-electron chi connectivity index (χ3n) is 4.38. The molecule has 3 fully saturated rings. The van der Waals surface area contributed by atoms with Gasteiger partial charge in [-0.05, 0) is 42.9 Å². The highest BCUT2D eigenvalue weighted by atomic mass is 16.5. The lowest BCUT2D eigenvalue weighted by Crippen LogP contribution is -2.54. The van der Waals surface area contributed by atoms with Crippen molar-refractivity contribution in [3.05, 3.63) is 29.8 Å². The molecular formula is C13H17NO. The molecule has 3 aliphatic rings. The minimum absolute atomic E-state index is 0.277. The Morgan fingerprint density at radius 3 is 2.93 bits per heavy atom. The van der Waals surface area contributed by atoms with Gasteiger partial charge in [0.25, 0.3) is 0 Å². The normalized spacial score (nSPS) is 37.5. The predicted octanol–water partition coefficient (Wildman–Crippen LogP) is 2.07. The van der Waals surface area contributed by atoms with Crippen molar-refractivity contribution in [2.24, 2.45) is 11.7 Å². The number of rotatable bonds is 2. The third-order valence-corrected chi connectivity index (χ3v) is 4.38. The average molecular weight is 203 g/mol. The first kappa shape index (κ1) is 9.22. The maximum atomic E-state index is 6.25. The highest BCUT2D eigenvalue weighted by Crippen LogP contribution is 2.59. The highest BCUT2D eigenvalue weighted by molar-refractivity contribution is 5.40. The van der Waals surface area contributed by atoms with E-state index in [1.54, 1.807) is 7.11 Å². The van der Waals surface area contributed by atoms with E-state index in [1.165, 1.54) is 24.8 Å². The van der Waals surface area contributed by atoms with Crippen LogP contribution in [-0.2, 0) is 5.41 Å². The molecule has 2 nitrogen and oxygen atoms in total. The van der Waals surface area contributed by atoms with Gasteiger partial charge < -0.3 is 10.5 Å². The second kappa shape index (κ2) is 2.99. The standard InChI is InChI=1S/C13H17NO/c1-15-11-4-2-3-10(7-11)13-6-5-9(8-13)12(13)14/h2-4,7,9,12H,5-6,8,14H2,1H3. The zero-order valence-corrected chi connectivity index (χ0v) is 9.07. The summed E-state index contributed by atoms with van der Waals surface area (Å²) in [6.45, 7) is 0. The van der Waals surface area contributed by atoms with Gasteiger partial charge in [-0.25, -0.2) is 0 Å². The molecule has 4 rings (SSSR count). The molecule has 0 aliphatic heterocycles. The van der Waals surface area contributed by atoms with Crippen LogP contribution in [0.4, 0.5) is 0 Å². The van der Waals surface area contributed by atoms with Gasteiger partial charge in [0, 0.05) is 11.5 Å². The number of hydrogen-bond acceptors (Lipinski definition) is 2. The Balaban J connectivity index is 1.99. The fourth-order valence-electron chi connectivity index (χ4n) is 3.40. The molecule has 2 bridgehead atoms. The lowest BCUT2D eigenvalue weighted by molar-refractivity contribution is 0.188. The van der Waals surface area contributed by atoms with Crippen molar-refractivity contribution in [2.75, 3.05) is 7.11 Å². The van der Waals surface area contributed by atoms with Crippen LogP contribution in [0, 0.1) is 5.92 Å². The lowest BCUT2D eigenvalue weighted by atomic mass is 9.61. The Kier molecular flexibility index (Phi) is 1.84. The van der Waals surface area contributed by atoms with Crippen LogP contribution in [0.1, 0.15) is 24.8 Å². The van der Waals surface area contributed by atoms with E-state index in [1.807, 2.05) is 6.07 Å². The summed E-state index contributed by atoms with van der Waals surface area (Å²) in [5, 5.41) is 0. The van der Waals surface area contributed by atoms with E-state index < -0.39 is 0 Å². The van der Waals surface area contributed by atoms with Crippen molar-refractivity contribution in [1.29, 1.82) is 0 Å². The van der Waals surface area contributed by atoms with Gasteiger partial charge in [-0.15, -0.1) is 0 Å². The van der Waals surface area contributed by atoms with E-state index in [4.69, 9.17) is 10.5 Å². The number of hydrogen-bond donors (Lipinski definition) is 1. The summed E-state index contributed by atoms with van der Waals surface area (Å²) < 4.78 is 5.27. The molecule has 0 radical (unpaired) electrons. The minimum Gasteiger partial charge on any atom is -0.497 e. The molecule has 3 unspecified atom stereocenters. The van der Waals surface area contributed by atoms with Crippen molar-refractivity contribution in [3.63, 3.8) is 0 Å². The molecule has 80 valence electrons. The molecule has 0 aromatic heterocycles. The number of fused-ring (bicyclic) bond motifs is 1. The van der Waals surface area contributed by atoms with E-state index in [0.29, 0.717) is 6.04 Å². The molecule has 1 aromatic rings. The summed E-state index contributed by atoms with van der Waals surface area (Å²) in [5.41, 5.74) is 7.90. The zero-order chi connectivity index (χ0) is 10.5. The molecule has 0 heterocycles. The summed E-state index contributed by atoms with van der Waals surface area (Å²) in [5.74, 6) is 1.72. The second-order valence-corrected chi connectivity index (χ2v) is 4.92. The van der Waals surface area contributed by atoms with Gasteiger partial charge in [0.1, 0.15) is 5.75 Å². The van der Waals surface area contributed by atoms with Gasteiger partial charge in [0.05, 0.1) is 7.11 Å². The van der Waals surface area contributed by atoms with E-state index in [9.17, 15) is 0 Å². The second-order valence-electron chi connectivity index (χ2n) is 4.92. The number of ether oxygens (including phenoxy) is 1. The monoisotopic (exact) mass is 203 g/mol. The molecule has 0 amide bonds. The SMILES string of the molecule is COc1cccc(C23CCC(C2)C3N)c1. The molecule has 3 atom stereocenters. The van der Waals surface area contributed by atoms with E-state index >= 15 is 0 Å². The fourth-order valence-corrected chi connectivity index (χ4v) is 3.40. The molecular weight excluding hydrogens is 186 g/mol. The summed E-state index contributed by atoms with van der Waals surface area (Å²) >= 11 is 0. The molecule has 15 heavy (non-hydrogen) atoms. The number of methoxy groups -OCH3 is 1. The molecule has 3 saturated carbocycles. The Bertz CT molecular complexity index is 386. The van der Waals surface area contributed by atoms with Crippen LogP contribution < -0.4 is 10.5 Å². The van der Waals surface area contributed by atoms with Gasteiger partial charge >= 0.3 is 0 Å². The average Bonchev–Trinajstić information content (AvgIpc) is 2.87. The van der Waals surface area contributed by atoms with E-state index in [-0.39, 0.29) is 5.41 Å². The van der Waals surface area contributed by atoms with Crippen LogP contribution in [0.25, 0.3) is 0 Å². The van der Waals surface area contributed by atoms with Gasteiger partial charge in [-0.1, -0.05) is 12.1 Å². The van der Waals surface area contributed by atoms with Crippen LogP contribution in [0.15, 0.2) is 24.3 Å². The molecule has 2 N–H and O–H groups in total. The summed E-state index contributed by atoms with van der Waals surface area (Å²) in [4.78, 5) is 0. The van der Waals surface area contributed by atoms with Crippen molar-refractivity contribution < 1.29 is 4.74 Å². The zero-order valence-electron chi connectivity index (χ0n) is 9.07. The van der Waals surface area contributed by atoms with Crippen molar-refractivity contribution in [3.8, 4) is 5.75 Å².